The number of aromatic nitrogens is 2. The Labute approximate surface area is 194 Å². The molecule has 10 heteroatoms. The first-order valence-electron chi connectivity index (χ1n) is 10.7. The standard InChI is InChI=1S/C23H19BrF4N2O3/c24-17-18-12(11-29-30(18)15-3-1-14(25)2-4-15)9-16-19(17)32-8-5-13-10-21(23(26,27)28)6-7-22(13,16)20(31)33-21/h1-4,9,11,13,20,31H,5-8,10H2/t13-,20?,21-,22+/m1/s1. The van der Waals surface area contributed by atoms with Crippen molar-refractivity contribution < 1.29 is 32.1 Å². The van der Waals surface area contributed by atoms with E-state index < -0.39 is 29.4 Å². The summed E-state index contributed by atoms with van der Waals surface area (Å²) in [4.78, 5) is 0. The molecule has 4 atom stereocenters. The Morgan fingerprint density at radius 2 is 1.94 bits per heavy atom. The van der Waals surface area contributed by atoms with Crippen LogP contribution in [0.5, 0.6) is 5.75 Å². The van der Waals surface area contributed by atoms with Gasteiger partial charge in [-0.25, -0.2) is 9.07 Å². The van der Waals surface area contributed by atoms with E-state index in [1.54, 1.807) is 23.0 Å². The SMILES string of the molecule is OC1O[C@]2(C(F)(F)F)CC[C@]13c1cc4cnn(-c5ccc(F)cc5)c4c(Br)c1OCC[C@@H]3C2. The van der Waals surface area contributed by atoms with Crippen LogP contribution in [-0.2, 0) is 10.2 Å². The Bertz CT molecular complexity index is 1260. The molecule has 1 unspecified atom stereocenters. The summed E-state index contributed by atoms with van der Waals surface area (Å²) in [6.45, 7) is 0.217. The van der Waals surface area contributed by atoms with Crippen LogP contribution in [0.4, 0.5) is 17.6 Å². The summed E-state index contributed by atoms with van der Waals surface area (Å²) >= 11 is 3.63. The van der Waals surface area contributed by atoms with Crippen molar-refractivity contribution in [1.82, 2.24) is 9.78 Å². The predicted octanol–water partition coefficient (Wildman–Crippen LogP) is 5.40. The molecule has 174 valence electrons. The zero-order chi connectivity index (χ0) is 23.2. The number of aliphatic hydroxyl groups excluding tert-OH is 1. The average Bonchev–Trinajstić information content (AvgIpc) is 3.12. The van der Waals surface area contributed by atoms with Crippen molar-refractivity contribution in [3.05, 3.63) is 52.4 Å². The Morgan fingerprint density at radius 1 is 1.18 bits per heavy atom. The first-order chi connectivity index (χ1) is 15.7. The monoisotopic (exact) mass is 526 g/mol. The fraction of sp³-hybridized carbons (Fsp3) is 0.435. The highest BCUT2D eigenvalue weighted by atomic mass is 79.9. The van der Waals surface area contributed by atoms with Crippen molar-refractivity contribution in [3.8, 4) is 11.4 Å². The lowest BCUT2D eigenvalue weighted by molar-refractivity contribution is -0.383. The number of hydrogen-bond donors (Lipinski definition) is 1. The molecule has 1 saturated carbocycles. The number of aliphatic hydroxyl groups is 1. The van der Waals surface area contributed by atoms with E-state index in [-0.39, 0.29) is 31.7 Å². The molecule has 3 fully saturated rings. The van der Waals surface area contributed by atoms with Gasteiger partial charge >= 0.3 is 6.18 Å². The largest absolute Gasteiger partial charge is 0.492 e. The van der Waals surface area contributed by atoms with Crippen LogP contribution >= 0.6 is 15.9 Å². The Hall–Kier alpha value is -2.17. The summed E-state index contributed by atoms with van der Waals surface area (Å²) in [6.07, 6.45) is -4.44. The van der Waals surface area contributed by atoms with Crippen molar-refractivity contribution in [2.24, 2.45) is 5.92 Å². The van der Waals surface area contributed by atoms with Crippen molar-refractivity contribution in [2.75, 3.05) is 6.61 Å². The summed E-state index contributed by atoms with van der Waals surface area (Å²) < 4.78 is 68.8. The van der Waals surface area contributed by atoms with E-state index in [1.807, 2.05) is 6.07 Å². The minimum Gasteiger partial charge on any atom is -0.492 e. The fourth-order valence-electron chi connectivity index (χ4n) is 5.92. The molecule has 4 heterocycles. The number of benzene rings is 2. The highest BCUT2D eigenvalue weighted by Gasteiger charge is 2.70. The molecule has 2 saturated heterocycles. The fourth-order valence-corrected chi connectivity index (χ4v) is 6.64. The maximum Gasteiger partial charge on any atom is 0.417 e. The Kier molecular flexibility index (Phi) is 4.49. The molecular weight excluding hydrogens is 508 g/mol. The molecule has 1 aromatic heterocycles. The summed E-state index contributed by atoms with van der Waals surface area (Å²) in [5.41, 5.74) is -1.37. The number of nitrogens with zero attached hydrogens (tertiary/aromatic N) is 2. The molecule has 5 nitrogen and oxygen atoms in total. The third-order valence-electron chi connectivity index (χ3n) is 7.58. The van der Waals surface area contributed by atoms with Crippen molar-refractivity contribution in [1.29, 1.82) is 0 Å². The molecular formula is C23H19BrF4N2O3. The molecule has 7 rings (SSSR count). The molecule has 1 N–H and O–H groups in total. The van der Waals surface area contributed by atoms with Crippen LogP contribution in [0.1, 0.15) is 31.2 Å². The van der Waals surface area contributed by atoms with Gasteiger partial charge in [-0.3, -0.25) is 0 Å². The zero-order valence-electron chi connectivity index (χ0n) is 17.2. The van der Waals surface area contributed by atoms with Gasteiger partial charge in [0.1, 0.15) is 11.6 Å². The van der Waals surface area contributed by atoms with E-state index >= 15 is 0 Å². The summed E-state index contributed by atoms with van der Waals surface area (Å²) in [7, 11) is 0. The van der Waals surface area contributed by atoms with Gasteiger partial charge in [-0.15, -0.1) is 0 Å². The summed E-state index contributed by atoms with van der Waals surface area (Å²) in [5, 5.41) is 16.2. The number of alkyl halides is 3. The van der Waals surface area contributed by atoms with E-state index in [0.717, 1.165) is 0 Å². The zero-order valence-corrected chi connectivity index (χ0v) is 18.8. The molecule has 1 aliphatic carbocycles. The molecule has 33 heavy (non-hydrogen) atoms. The minimum atomic E-state index is -4.56. The van der Waals surface area contributed by atoms with E-state index in [1.165, 1.54) is 12.1 Å². The molecule has 2 bridgehead atoms. The highest BCUT2D eigenvalue weighted by molar-refractivity contribution is 9.10. The lowest BCUT2D eigenvalue weighted by atomic mass is 9.55. The van der Waals surface area contributed by atoms with Crippen LogP contribution in [0.15, 0.2) is 41.0 Å². The number of ether oxygens (including phenoxy) is 2. The lowest BCUT2D eigenvalue weighted by Gasteiger charge is -2.59. The molecule has 0 amide bonds. The van der Waals surface area contributed by atoms with E-state index in [0.29, 0.717) is 38.8 Å². The smallest absolute Gasteiger partial charge is 0.417 e. The van der Waals surface area contributed by atoms with E-state index in [9.17, 15) is 22.7 Å². The van der Waals surface area contributed by atoms with Gasteiger partial charge in [0, 0.05) is 10.9 Å². The second kappa shape index (κ2) is 6.93. The van der Waals surface area contributed by atoms with Crippen LogP contribution in [0.25, 0.3) is 16.6 Å². The number of hydrogen-bond acceptors (Lipinski definition) is 4. The van der Waals surface area contributed by atoms with Gasteiger partial charge in [-0.1, -0.05) is 0 Å². The van der Waals surface area contributed by atoms with Crippen LogP contribution in [0, 0.1) is 11.7 Å². The Balaban J connectivity index is 1.53. The summed E-state index contributed by atoms with van der Waals surface area (Å²) in [6, 6.07) is 7.72. The maximum atomic E-state index is 13.9. The highest BCUT2D eigenvalue weighted by Crippen LogP contribution is 2.64. The van der Waals surface area contributed by atoms with Gasteiger partial charge < -0.3 is 14.6 Å². The van der Waals surface area contributed by atoms with Crippen molar-refractivity contribution in [2.45, 2.75) is 49.2 Å². The molecule has 1 spiro atoms. The van der Waals surface area contributed by atoms with Gasteiger partial charge in [-0.2, -0.15) is 18.3 Å². The molecule has 3 aliphatic heterocycles. The lowest BCUT2D eigenvalue weighted by Crippen LogP contribution is -2.67. The molecule has 3 aromatic rings. The van der Waals surface area contributed by atoms with Gasteiger partial charge in [0.2, 0.25) is 0 Å². The predicted molar refractivity (Wildman–Crippen MR) is 114 cm³/mol. The Morgan fingerprint density at radius 3 is 2.64 bits per heavy atom. The topological polar surface area (TPSA) is 56.5 Å². The quantitative estimate of drug-likeness (QED) is 0.431. The van der Waals surface area contributed by atoms with Crippen LogP contribution in [0.3, 0.4) is 0 Å². The van der Waals surface area contributed by atoms with Crippen molar-refractivity contribution in [3.63, 3.8) is 0 Å². The van der Waals surface area contributed by atoms with Gasteiger partial charge in [0.15, 0.2) is 11.9 Å². The maximum absolute atomic E-state index is 13.9. The van der Waals surface area contributed by atoms with Crippen molar-refractivity contribution >= 4 is 26.8 Å². The number of halogens is 5. The number of rotatable bonds is 1. The van der Waals surface area contributed by atoms with Crippen LogP contribution < -0.4 is 4.74 Å². The third kappa shape index (κ3) is 2.80. The first kappa shape index (κ1) is 21.4. The third-order valence-corrected chi connectivity index (χ3v) is 8.31. The summed E-state index contributed by atoms with van der Waals surface area (Å²) in [5.74, 6) is -0.345. The first-order valence-corrected chi connectivity index (χ1v) is 11.5. The normalized spacial score (nSPS) is 31.1. The second-order valence-electron chi connectivity index (χ2n) is 9.08. The van der Waals surface area contributed by atoms with Crippen LogP contribution in [0.2, 0.25) is 0 Å². The average molecular weight is 527 g/mol. The molecule has 4 aliphatic rings. The second-order valence-corrected chi connectivity index (χ2v) is 9.87. The van der Waals surface area contributed by atoms with Gasteiger partial charge in [0.05, 0.1) is 33.9 Å². The molecule has 0 radical (unpaired) electrons. The van der Waals surface area contributed by atoms with Crippen LogP contribution in [-0.4, -0.2) is 39.6 Å². The molecule has 2 aromatic carbocycles. The van der Waals surface area contributed by atoms with Gasteiger partial charge in [-0.05, 0) is 77.9 Å². The van der Waals surface area contributed by atoms with E-state index in [4.69, 9.17) is 9.47 Å². The van der Waals surface area contributed by atoms with Gasteiger partial charge in [0.25, 0.3) is 0 Å². The minimum absolute atomic E-state index is 0.138. The number of fused-ring (bicyclic) bond motifs is 4. The van der Waals surface area contributed by atoms with E-state index in [2.05, 4.69) is 21.0 Å².